The summed E-state index contributed by atoms with van der Waals surface area (Å²) in [4.78, 5) is 0. The second kappa shape index (κ2) is 5.34. The summed E-state index contributed by atoms with van der Waals surface area (Å²) in [7, 11) is 0. The zero-order chi connectivity index (χ0) is 12.3. The molecule has 1 N–H and O–H groups in total. The molecule has 3 nitrogen and oxygen atoms in total. The van der Waals surface area contributed by atoms with E-state index in [4.69, 9.17) is 11.6 Å². The Labute approximate surface area is 106 Å². The van der Waals surface area contributed by atoms with Crippen LogP contribution in [0.25, 0.3) is 5.69 Å². The number of halogens is 1. The molecule has 0 atom stereocenters. The third kappa shape index (κ3) is 2.87. The van der Waals surface area contributed by atoms with Crippen LogP contribution in [0.15, 0.2) is 30.6 Å². The van der Waals surface area contributed by atoms with Gasteiger partial charge in [0.05, 0.1) is 11.9 Å². The van der Waals surface area contributed by atoms with E-state index in [0.29, 0.717) is 0 Å². The van der Waals surface area contributed by atoms with Crippen LogP contribution in [-0.4, -0.2) is 16.3 Å². The Morgan fingerprint density at radius 3 is 2.82 bits per heavy atom. The van der Waals surface area contributed by atoms with Crippen molar-refractivity contribution in [1.82, 2.24) is 15.1 Å². The number of hydrogen-bond acceptors (Lipinski definition) is 2. The fraction of sp³-hybridized carbons (Fsp3) is 0.308. The molecule has 90 valence electrons. The first-order chi connectivity index (χ1) is 8.20. The molecular weight excluding hydrogens is 234 g/mol. The van der Waals surface area contributed by atoms with Crippen molar-refractivity contribution >= 4 is 11.6 Å². The molecule has 0 aliphatic carbocycles. The van der Waals surface area contributed by atoms with Crippen molar-refractivity contribution in [2.45, 2.75) is 20.4 Å². The van der Waals surface area contributed by atoms with E-state index in [9.17, 15) is 0 Å². The lowest BCUT2D eigenvalue weighted by Crippen LogP contribution is -2.12. The van der Waals surface area contributed by atoms with Gasteiger partial charge in [0, 0.05) is 17.8 Å². The lowest BCUT2D eigenvalue weighted by molar-refractivity contribution is 0.726. The van der Waals surface area contributed by atoms with E-state index in [1.807, 2.05) is 42.2 Å². The normalized spacial score (nSPS) is 10.8. The van der Waals surface area contributed by atoms with E-state index < -0.39 is 0 Å². The van der Waals surface area contributed by atoms with Gasteiger partial charge in [0.15, 0.2) is 0 Å². The van der Waals surface area contributed by atoms with Crippen LogP contribution in [0, 0.1) is 6.92 Å². The average Bonchev–Trinajstić information content (AvgIpc) is 2.74. The SMILES string of the molecule is CCNCc1ccc(-n2cc(C)cn2)cc1Cl. The first-order valence-electron chi connectivity index (χ1n) is 5.71. The van der Waals surface area contributed by atoms with Gasteiger partial charge in [-0.15, -0.1) is 0 Å². The molecule has 0 unspecified atom stereocenters. The Hall–Kier alpha value is -1.32. The molecular formula is C13H16ClN3. The van der Waals surface area contributed by atoms with E-state index >= 15 is 0 Å². The number of aromatic nitrogens is 2. The lowest BCUT2D eigenvalue weighted by Gasteiger charge is -2.07. The molecule has 1 aromatic heterocycles. The van der Waals surface area contributed by atoms with Gasteiger partial charge in [-0.3, -0.25) is 0 Å². The Kier molecular flexibility index (Phi) is 3.82. The summed E-state index contributed by atoms with van der Waals surface area (Å²) < 4.78 is 1.83. The number of nitrogens with zero attached hydrogens (tertiary/aromatic N) is 2. The molecule has 4 heteroatoms. The largest absolute Gasteiger partial charge is 0.313 e. The highest BCUT2D eigenvalue weighted by Crippen LogP contribution is 2.20. The summed E-state index contributed by atoms with van der Waals surface area (Å²) in [6, 6.07) is 6.02. The lowest BCUT2D eigenvalue weighted by atomic mass is 10.2. The highest BCUT2D eigenvalue weighted by atomic mass is 35.5. The second-order valence-corrected chi connectivity index (χ2v) is 4.43. The summed E-state index contributed by atoms with van der Waals surface area (Å²) in [6.45, 7) is 5.84. The molecule has 0 aliphatic rings. The van der Waals surface area contributed by atoms with E-state index in [1.165, 1.54) is 0 Å². The van der Waals surface area contributed by atoms with Crippen LogP contribution < -0.4 is 5.32 Å². The minimum Gasteiger partial charge on any atom is -0.313 e. The minimum atomic E-state index is 0.775. The summed E-state index contributed by atoms with van der Waals surface area (Å²) >= 11 is 6.24. The molecule has 17 heavy (non-hydrogen) atoms. The summed E-state index contributed by atoms with van der Waals surface area (Å²) in [5, 5.41) is 8.30. The molecule has 0 amide bonds. The van der Waals surface area contributed by atoms with Gasteiger partial charge in [-0.05, 0) is 36.7 Å². The third-order valence-corrected chi connectivity index (χ3v) is 2.93. The molecule has 2 aromatic rings. The van der Waals surface area contributed by atoms with Crippen molar-refractivity contribution in [3.63, 3.8) is 0 Å². The molecule has 1 aromatic carbocycles. The van der Waals surface area contributed by atoms with E-state index in [1.54, 1.807) is 0 Å². The van der Waals surface area contributed by atoms with Crippen LogP contribution >= 0.6 is 11.6 Å². The maximum absolute atomic E-state index is 6.24. The topological polar surface area (TPSA) is 29.9 Å². The quantitative estimate of drug-likeness (QED) is 0.903. The van der Waals surface area contributed by atoms with E-state index in [2.05, 4.69) is 17.3 Å². The third-order valence-electron chi connectivity index (χ3n) is 2.58. The van der Waals surface area contributed by atoms with Crippen molar-refractivity contribution in [3.8, 4) is 5.69 Å². The molecule has 0 bridgehead atoms. The molecule has 0 radical (unpaired) electrons. The first kappa shape index (κ1) is 12.1. The summed E-state index contributed by atoms with van der Waals surface area (Å²) in [5.41, 5.74) is 3.24. The number of hydrogen-bond donors (Lipinski definition) is 1. The predicted octanol–water partition coefficient (Wildman–Crippen LogP) is 2.94. The Morgan fingerprint density at radius 1 is 1.41 bits per heavy atom. The van der Waals surface area contributed by atoms with Crippen molar-refractivity contribution in [2.24, 2.45) is 0 Å². The highest BCUT2D eigenvalue weighted by molar-refractivity contribution is 6.31. The summed E-state index contributed by atoms with van der Waals surface area (Å²) in [5.74, 6) is 0. The van der Waals surface area contributed by atoms with E-state index in [0.717, 1.165) is 34.9 Å². The highest BCUT2D eigenvalue weighted by Gasteiger charge is 2.03. The van der Waals surface area contributed by atoms with E-state index in [-0.39, 0.29) is 0 Å². The molecule has 2 rings (SSSR count). The van der Waals surface area contributed by atoms with Gasteiger partial charge in [-0.25, -0.2) is 4.68 Å². The van der Waals surface area contributed by atoms with Crippen molar-refractivity contribution < 1.29 is 0 Å². The van der Waals surface area contributed by atoms with Crippen LogP contribution in [0.3, 0.4) is 0 Å². The Morgan fingerprint density at radius 2 is 2.24 bits per heavy atom. The smallest absolute Gasteiger partial charge is 0.0660 e. The van der Waals surface area contributed by atoms with Crippen LogP contribution in [0.1, 0.15) is 18.1 Å². The molecule has 0 fully saturated rings. The monoisotopic (exact) mass is 249 g/mol. The number of rotatable bonds is 4. The van der Waals surface area contributed by atoms with Crippen molar-refractivity contribution in [2.75, 3.05) is 6.54 Å². The minimum absolute atomic E-state index is 0.775. The van der Waals surface area contributed by atoms with Gasteiger partial charge >= 0.3 is 0 Å². The molecule has 0 spiro atoms. The fourth-order valence-electron chi connectivity index (χ4n) is 1.64. The van der Waals surface area contributed by atoms with Gasteiger partial charge < -0.3 is 5.32 Å². The molecule has 0 saturated carbocycles. The van der Waals surface area contributed by atoms with Crippen molar-refractivity contribution in [1.29, 1.82) is 0 Å². The number of benzene rings is 1. The van der Waals surface area contributed by atoms with Crippen LogP contribution in [0.4, 0.5) is 0 Å². The molecule has 0 aliphatic heterocycles. The summed E-state index contributed by atoms with van der Waals surface area (Å²) in [6.07, 6.45) is 3.82. The number of nitrogens with one attached hydrogen (secondary N) is 1. The van der Waals surface area contributed by atoms with Crippen LogP contribution in [0.2, 0.25) is 5.02 Å². The van der Waals surface area contributed by atoms with Crippen molar-refractivity contribution in [3.05, 3.63) is 46.7 Å². The molecule has 1 heterocycles. The van der Waals surface area contributed by atoms with Gasteiger partial charge in [-0.2, -0.15) is 5.10 Å². The first-order valence-corrected chi connectivity index (χ1v) is 6.09. The second-order valence-electron chi connectivity index (χ2n) is 4.02. The zero-order valence-electron chi connectivity index (χ0n) is 10.1. The van der Waals surface area contributed by atoms with Gasteiger partial charge in [-0.1, -0.05) is 24.6 Å². The average molecular weight is 250 g/mol. The fourth-order valence-corrected chi connectivity index (χ4v) is 1.88. The maximum Gasteiger partial charge on any atom is 0.0660 e. The maximum atomic E-state index is 6.24. The molecule has 0 saturated heterocycles. The van der Waals surface area contributed by atoms with Gasteiger partial charge in [0.2, 0.25) is 0 Å². The van der Waals surface area contributed by atoms with Gasteiger partial charge in [0.1, 0.15) is 0 Å². The Bertz CT molecular complexity index is 505. The standard InChI is InChI=1S/C13H16ClN3/c1-3-15-8-11-4-5-12(6-13(11)14)17-9-10(2)7-16-17/h4-7,9,15H,3,8H2,1-2H3. The number of aryl methyl sites for hydroxylation is 1. The van der Waals surface area contributed by atoms with Crippen LogP contribution in [0.5, 0.6) is 0 Å². The van der Waals surface area contributed by atoms with Gasteiger partial charge in [0.25, 0.3) is 0 Å². The van der Waals surface area contributed by atoms with Crippen LogP contribution in [-0.2, 0) is 6.54 Å². The predicted molar refractivity (Wildman–Crippen MR) is 70.7 cm³/mol. The Balaban J connectivity index is 2.24. The zero-order valence-corrected chi connectivity index (χ0v) is 10.8.